The molecule has 0 atom stereocenters. The second kappa shape index (κ2) is 10.4. The van der Waals surface area contributed by atoms with Crippen LogP contribution >= 0.6 is 0 Å². The summed E-state index contributed by atoms with van der Waals surface area (Å²) in [5, 5.41) is 0. The standard InChI is InChI=1S/C21H31N3O6S/c1-22-7-9-23(10-8-22)11-12-24(31(2,27)28)19-6-5-18(21(26)29-14-13-25)15-20(19)30-16-17-3-4-17/h5-6,13,15,17H,3-4,7-12,14,16H2,1-2H3. The van der Waals surface area contributed by atoms with Gasteiger partial charge in [-0.1, -0.05) is 0 Å². The van der Waals surface area contributed by atoms with Crippen LogP contribution in [0.2, 0.25) is 0 Å². The molecule has 31 heavy (non-hydrogen) atoms. The quantitative estimate of drug-likeness (QED) is 0.359. The zero-order chi connectivity index (χ0) is 22.4. The van der Waals surface area contributed by atoms with E-state index in [-0.39, 0.29) is 18.7 Å². The maximum Gasteiger partial charge on any atom is 0.338 e. The lowest BCUT2D eigenvalue weighted by Crippen LogP contribution is -2.47. The van der Waals surface area contributed by atoms with Crippen LogP contribution < -0.4 is 9.04 Å². The van der Waals surface area contributed by atoms with Crippen molar-refractivity contribution in [1.29, 1.82) is 0 Å². The van der Waals surface area contributed by atoms with Gasteiger partial charge in [0.25, 0.3) is 0 Å². The van der Waals surface area contributed by atoms with Gasteiger partial charge in [-0.05, 0) is 44.0 Å². The Labute approximate surface area is 183 Å². The highest BCUT2D eigenvalue weighted by molar-refractivity contribution is 7.92. The summed E-state index contributed by atoms with van der Waals surface area (Å²) in [5.41, 5.74) is 0.619. The van der Waals surface area contributed by atoms with Gasteiger partial charge in [0.05, 0.1) is 24.1 Å². The molecule has 1 aliphatic carbocycles. The van der Waals surface area contributed by atoms with Crippen LogP contribution in [0.1, 0.15) is 23.2 Å². The van der Waals surface area contributed by atoms with E-state index >= 15 is 0 Å². The molecule has 1 aliphatic heterocycles. The van der Waals surface area contributed by atoms with Crippen molar-refractivity contribution in [3.8, 4) is 5.75 Å². The van der Waals surface area contributed by atoms with Gasteiger partial charge in [-0.25, -0.2) is 13.2 Å². The molecule has 3 rings (SSSR count). The molecule has 0 N–H and O–H groups in total. The predicted octanol–water partition coefficient (Wildman–Crippen LogP) is 0.845. The Balaban J connectivity index is 1.81. The molecule has 9 nitrogen and oxygen atoms in total. The van der Waals surface area contributed by atoms with E-state index in [2.05, 4.69) is 16.8 Å². The van der Waals surface area contributed by atoms with Crippen molar-refractivity contribution in [3.05, 3.63) is 23.8 Å². The minimum absolute atomic E-state index is 0.212. The molecule has 1 saturated carbocycles. The van der Waals surface area contributed by atoms with E-state index in [1.54, 1.807) is 6.07 Å². The van der Waals surface area contributed by atoms with Crippen LogP contribution in [-0.2, 0) is 19.6 Å². The number of benzene rings is 1. The Morgan fingerprint density at radius 3 is 2.55 bits per heavy atom. The van der Waals surface area contributed by atoms with Gasteiger partial charge in [0, 0.05) is 39.3 Å². The number of rotatable bonds is 11. The lowest BCUT2D eigenvalue weighted by Gasteiger charge is -2.34. The molecule has 172 valence electrons. The molecule has 0 radical (unpaired) electrons. The smallest absolute Gasteiger partial charge is 0.338 e. The third-order valence-electron chi connectivity index (χ3n) is 5.53. The molecule has 1 aromatic rings. The summed E-state index contributed by atoms with van der Waals surface area (Å²) in [7, 11) is -1.49. The molecule has 1 heterocycles. The van der Waals surface area contributed by atoms with Crippen LogP contribution in [0.25, 0.3) is 0 Å². The fraction of sp³-hybridized carbons (Fsp3) is 0.619. The maximum atomic E-state index is 12.6. The van der Waals surface area contributed by atoms with E-state index < -0.39 is 16.0 Å². The normalized spacial score (nSPS) is 17.9. The van der Waals surface area contributed by atoms with Gasteiger partial charge in [-0.15, -0.1) is 0 Å². The first-order valence-electron chi connectivity index (χ1n) is 10.5. The monoisotopic (exact) mass is 453 g/mol. The average Bonchev–Trinajstić information content (AvgIpc) is 3.56. The van der Waals surface area contributed by atoms with Crippen LogP contribution in [0.5, 0.6) is 5.75 Å². The van der Waals surface area contributed by atoms with Gasteiger partial charge in [-0.3, -0.25) is 14.0 Å². The van der Waals surface area contributed by atoms with E-state index in [1.165, 1.54) is 22.7 Å². The lowest BCUT2D eigenvalue weighted by atomic mass is 10.2. The Bertz CT molecular complexity index is 879. The second-order valence-electron chi connectivity index (χ2n) is 8.18. The average molecular weight is 454 g/mol. The van der Waals surface area contributed by atoms with E-state index in [4.69, 9.17) is 9.47 Å². The summed E-state index contributed by atoms with van der Waals surface area (Å²) in [4.78, 5) is 27.1. The van der Waals surface area contributed by atoms with Crippen molar-refractivity contribution in [2.45, 2.75) is 12.8 Å². The van der Waals surface area contributed by atoms with E-state index in [1.807, 2.05) is 0 Å². The number of aldehydes is 1. The summed E-state index contributed by atoms with van der Waals surface area (Å²) in [6.45, 7) is 4.71. The second-order valence-corrected chi connectivity index (χ2v) is 10.1. The Hall–Kier alpha value is -2.17. The molecular formula is C21H31N3O6S. The number of anilines is 1. The number of hydrogen-bond donors (Lipinski definition) is 0. The van der Waals surface area contributed by atoms with Crippen molar-refractivity contribution in [3.63, 3.8) is 0 Å². The minimum Gasteiger partial charge on any atom is -0.491 e. The molecular weight excluding hydrogens is 422 g/mol. The zero-order valence-electron chi connectivity index (χ0n) is 18.2. The summed E-state index contributed by atoms with van der Waals surface area (Å²) < 4.78 is 37.4. The van der Waals surface area contributed by atoms with Crippen LogP contribution in [0.4, 0.5) is 5.69 Å². The number of carbonyl (C=O) groups excluding carboxylic acids is 2. The van der Waals surface area contributed by atoms with Crippen molar-refractivity contribution in [2.75, 3.05) is 70.1 Å². The third kappa shape index (κ3) is 6.91. The number of hydrogen-bond acceptors (Lipinski definition) is 8. The van der Waals surface area contributed by atoms with Crippen molar-refractivity contribution in [2.24, 2.45) is 5.92 Å². The molecule has 10 heteroatoms. The van der Waals surface area contributed by atoms with Gasteiger partial charge in [0.1, 0.15) is 12.4 Å². The fourth-order valence-corrected chi connectivity index (χ4v) is 4.34. The molecule has 0 spiro atoms. The summed E-state index contributed by atoms with van der Waals surface area (Å²) >= 11 is 0. The number of ether oxygens (including phenoxy) is 2. The summed E-state index contributed by atoms with van der Waals surface area (Å²) in [5.74, 6) is 0.130. The molecule has 0 aromatic heterocycles. The van der Waals surface area contributed by atoms with E-state index in [0.29, 0.717) is 36.8 Å². The van der Waals surface area contributed by atoms with Crippen LogP contribution in [0.3, 0.4) is 0 Å². The molecule has 2 fully saturated rings. The molecule has 1 aromatic carbocycles. The lowest BCUT2D eigenvalue weighted by molar-refractivity contribution is -0.110. The third-order valence-corrected chi connectivity index (χ3v) is 6.71. The first kappa shape index (κ1) is 23.5. The molecule has 0 amide bonds. The Morgan fingerprint density at radius 1 is 1.23 bits per heavy atom. The van der Waals surface area contributed by atoms with Gasteiger partial charge in [-0.2, -0.15) is 0 Å². The van der Waals surface area contributed by atoms with E-state index in [0.717, 1.165) is 39.0 Å². The van der Waals surface area contributed by atoms with Crippen LogP contribution in [0.15, 0.2) is 18.2 Å². The van der Waals surface area contributed by atoms with Gasteiger partial charge < -0.3 is 14.4 Å². The summed E-state index contributed by atoms with van der Waals surface area (Å²) in [6, 6.07) is 4.57. The SMILES string of the molecule is CN1CCN(CCN(c2ccc(C(=O)OCC=O)cc2OCC2CC2)S(C)(=O)=O)CC1. The molecule has 0 bridgehead atoms. The van der Waals surface area contributed by atoms with Crippen molar-refractivity contribution >= 4 is 28.0 Å². The maximum absolute atomic E-state index is 12.6. The van der Waals surface area contributed by atoms with Gasteiger partial charge in [0.15, 0.2) is 6.29 Å². The highest BCUT2D eigenvalue weighted by Gasteiger charge is 2.27. The predicted molar refractivity (Wildman–Crippen MR) is 117 cm³/mol. The number of carbonyl (C=O) groups is 2. The number of sulfonamides is 1. The number of esters is 1. The van der Waals surface area contributed by atoms with Crippen molar-refractivity contribution in [1.82, 2.24) is 9.80 Å². The first-order chi connectivity index (χ1) is 14.8. The number of likely N-dealkylation sites (N-methyl/N-ethyl adjacent to an activating group) is 1. The van der Waals surface area contributed by atoms with Crippen LogP contribution in [0, 0.1) is 5.92 Å². The highest BCUT2D eigenvalue weighted by atomic mass is 32.2. The zero-order valence-corrected chi connectivity index (χ0v) is 19.0. The van der Waals surface area contributed by atoms with Crippen molar-refractivity contribution < 1.29 is 27.5 Å². The molecule has 2 aliphatic rings. The first-order valence-corrected chi connectivity index (χ1v) is 12.4. The number of piperazine rings is 1. The highest BCUT2D eigenvalue weighted by Crippen LogP contribution is 2.35. The molecule has 1 saturated heterocycles. The fourth-order valence-electron chi connectivity index (χ4n) is 3.42. The Morgan fingerprint density at radius 2 is 1.94 bits per heavy atom. The van der Waals surface area contributed by atoms with Gasteiger partial charge >= 0.3 is 5.97 Å². The summed E-state index contributed by atoms with van der Waals surface area (Å²) in [6.07, 6.45) is 3.83. The van der Waals surface area contributed by atoms with Gasteiger partial charge in [0.2, 0.25) is 10.0 Å². The Kier molecular flexibility index (Phi) is 7.90. The molecule has 0 unspecified atom stereocenters. The topological polar surface area (TPSA) is 96.5 Å². The van der Waals surface area contributed by atoms with Crippen LogP contribution in [-0.4, -0.2) is 96.3 Å². The van der Waals surface area contributed by atoms with E-state index in [9.17, 15) is 18.0 Å². The number of nitrogens with zero attached hydrogens (tertiary/aromatic N) is 3. The largest absolute Gasteiger partial charge is 0.491 e. The minimum atomic E-state index is -3.57.